The van der Waals surface area contributed by atoms with E-state index in [9.17, 15) is 0 Å². The van der Waals surface area contributed by atoms with E-state index >= 15 is 0 Å². The van der Waals surface area contributed by atoms with Gasteiger partial charge in [0.05, 0.1) is 0 Å². The quantitative estimate of drug-likeness (QED) is 0.584. The van der Waals surface area contributed by atoms with Crippen LogP contribution < -0.4 is 0 Å². The molecule has 1 rings (SSSR count). The molecule has 1 aliphatic carbocycles. The Balaban J connectivity index is 2.43. The lowest BCUT2D eigenvalue weighted by atomic mass is 9.99. The molecule has 0 saturated heterocycles. The van der Waals surface area contributed by atoms with E-state index in [-0.39, 0.29) is 0 Å². The highest BCUT2D eigenvalue weighted by Crippen LogP contribution is 2.33. The van der Waals surface area contributed by atoms with E-state index in [1.807, 2.05) is 0 Å². The molecule has 1 heteroatoms. The molecular formula is C11H21N. The maximum atomic E-state index is 2.49. The van der Waals surface area contributed by atoms with Crippen LogP contribution in [0.25, 0.3) is 0 Å². The lowest BCUT2D eigenvalue weighted by Crippen LogP contribution is -2.41. The van der Waals surface area contributed by atoms with Crippen LogP contribution in [0.2, 0.25) is 0 Å². The minimum absolute atomic E-state index is 0.486. The van der Waals surface area contributed by atoms with Gasteiger partial charge in [-0.3, -0.25) is 4.90 Å². The van der Waals surface area contributed by atoms with Crippen molar-refractivity contribution in [3.05, 3.63) is 12.2 Å². The summed E-state index contributed by atoms with van der Waals surface area (Å²) in [5, 5.41) is 0. The number of rotatable bonds is 3. The third-order valence-corrected chi connectivity index (χ3v) is 3.22. The second-order valence-corrected chi connectivity index (χ2v) is 4.15. The van der Waals surface area contributed by atoms with Crippen LogP contribution >= 0.6 is 0 Å². The fraction of sp³-hybridized carbons (Fsp3) is 0.818. The fourth-order valence-corrected chi connectivity index (χ4v) is 2.00. The molecule has 1 nitrogen and oxygen atoms in total. The highest BCUT2D eigenvalue weighted by atomic mass is 15.2. The zero-order chi connectivity index (χ0) is 9.03. The summed E-state index contributed by atoms with van der Waals surface area (Å²) in [7, 11) is 2.24. The van der Waals surface area contributed by atoms with Crippen LogP contribution in [0.5, 0.6) is 0 Å². The number of nitrogens with zero attached hydrogens (tertiary/aromatic N) is 1. The highest BCUT2D eigenvalue weighted by molar-refractivity contribution is 4.92. The Morgan fingerprint density at radius 3 is 2.42 bits per heavy atom. The van der Waals surface area contributed by atoms with Crippen molar-refractivity contribution in [2.24, 2.45) is 0 Å². The summed E-state index contributed by atoms with van der Waals surface area (Å²) in [6, 6.07) is 0. The molecule has 12 heavy (non-hydrogen) atoms. The molecule has 0 aromatic heterocycles. The van der Waals surface area contributed by atoms with Crippen LogP contribution in [0, 0.1) is 0 Å². The number of allylic oxidation sites excluding steroid dienone is 1. The molecule has 70 valence electrons. The van der Waals surface area contributed by atoms with E-state index in [2.05, 4.69) is 37.9 Å². The van der Waals surface area contributed by atoms with E-state index in [0.717, 1.165) is 6.54 Å². The van der Waals surface area contributed by atoms with Gasteiger partial charge in [0, 0.05) is 12.1 Å². The van der Waals surface area contributed by atoms with Crippen molar-refractivity contribution in [2.45, 2.75) is 45.1 Å². The van der Waals surface area contributed by atoms with Gasteiger partial charge < -0.3 is 0 Å². The maximum Gasteiger partial charge on any atom is 0.0181 e. The average molecular weight is 167 g/mol. The van der Waals surface area contributed by atoms with Gasteiger partial charge in [0.2, 0.25) is 0 Å². The molecule has 0 aliphatic heterocycles. The van der Waals surface area contributed by atoms with E-state index < -0.39 is 0 Å². The highest BCUT2D eigenvalue weighted by Gasteiger charge is 2.31. The zero-order valence-electron chi connectivity index (χ0n) is 8.64. The molecule has 1 fully saturated rings. The van der Waals surface area contributed by atoms with Gasteiger partial charge in [-0.2, -0.15) is 0 Å². The number of hydrogen-bond donors (Lipinski definition) is 0. The first kappa shape index (κ1) is 9.79. The molecule has 0 atom stereocenters. The van der Waals surface area contributed by atoms with Crippen molar-refractivity contribution in [3.8, 4) is 0 Å². The Morgan fingerprint density at radius 1 is 1.33 bits per heavy atom. The molecule has 1 aliphatic rings. The zero-order valence-corrected chi connectivity index (χ0v) is 8.64. The molecule has 0 amide bonds. The summed E-state index contributed by atoms with van der Waals surface area (Å²) in [6.45, 7) is 5.58. The monoisotopic (exact) mass is 167 g/mol. The molecule has 0 bridgehead atoms. The molecule has 1 saturated carbocycles. The van der Waals surface area contributed by atoms with Crippen molar-refractivity contribution in [3.63, 3.8) is 0 Å². The molecular weight excluding hydrogens is 146 g/mol. The smallest absolute Gasteiger partial charge is 0.0181 e. The summed E-state index contributed by atoms with van der Waals surface area (Å²) in [6.07, 6.45) is 9.95. The fourth-order valence-electron chi connectivity index (χ4n) is 2.00. The minimum atomic E-state index is 0.486. The summed E-state index contributed by atoms with van der Waals surface area (Å²) in [5.74, 6) is 0. The van der Waals surface area contributed by atoms with Gasteiger partial charge >= 0.3 is 0 Å². The predicted molar refractivity (Wildman–Crippen MR) is 54.3 cm³/mol. The Hall–Kier alpha value is -0.300. The predicted octanol–water partition coefficient (Wildman–Crippen LogP) is 2.83. The van der Waals surface area contributed by atoms with Gasteiger partial charge in [-0.1, -0.05) is 25.0 Å². The molecule has 0 N–H and O–H groups in total. The minimum Gasteiger partial charge on any atom is -0.297 e. The van der Waals surface area contributed by atoms with Gasteiger partial charge in [0.25, 0.3) is 0 Å². The van der Waals surface area contributed by atoms with Crippen molar-refractivity contribution in [1.29, 1.82) is 0 Å². The van der Waals surface area contributed by atoms with Gasteiger partial charge in [-0.15, -0.1) is 0 Å². The van der Waals surface area contributed by atoms with E-state index in [1.54, 1.807) is 0 Å². The second kappa shape index (κ2) is 4.08. The Morgan fingerprint density at radius 2 is 1.92 bits per heavy atom. The largest absolute Gasteiger partial charge is 0.297 e. The van der Waals surface area contributed by atoms with Crippen molar-refractivity contribution in [1.82, 2.24) is 4.90 Å². The third-order valence-electron chi connectivity index (χ3n) is 3.22. The Kier molecular flexibility index (Phi) is 3.33. The van der Waals surface area contributed by atoms with Crippen LogP contribution in [-0.2, 0) is 0 Å². The van der Waals surface area contributed by atoms with Crippen LogP contribution in [0.3, 0.4) is 0 Å². The van der Waals surface area contributed by atoms with Crippen LogP contribution in [-0.4, -0.2) is 24.0 Å². The number of likely N-dealkylation sites (N-methyl/N-ethyl adjacent to an activating group) is 1. The average Bonchev–Trinajstić information content (AvgIpc) is 2.49. The first-order valence-electron chi connectivity index (χ1n) is 5.01. The van der Waals surface area contributed by atoms with E-state index in [1.165, 1.54) is 25.7 Å². The van der Waals surface area contributed by atoms with E-state index in [0.29, 0.717) is 5.54 Å². The molecule has 0 spiro atoms. The molecule has 0 radical (unpaired) electrons. The molecule has 0 aromatic carbocycles. The Bertz CT molecular complexity index is 154. The van der Waals surface area contributed by atoms with Gasteiger partial charge in [0.15, 0.2) is 0 Å². The second-order valence-electron chi connectivity index (χ2n) is 4.15. The van der Waals surface area contributed by atoms with Crippen LogP contribution in [0.15, 0.2) is 12.2 Å². The number of hydrogen-bond acceptors (Lipinski definition) is 1. The first-order chi connectivity index (χ1) is 5.69. The lowest BCUT2D eigenvalue weighted by Gasteiger charge is -2.34. The van der Waals surface area contributed by atoms with Crippen molar-refractivity contribution in [2.75, 3.05) is 13.6 Å². The van der Waals surface area contributed by atoms with Crippen molar-refractivity contribution < 1.29 is 0 Å². The molecule has 0 heterocycles. The van der Waals surface area contributed by atoms with E-state index in [4.69, 9.17) is 0 Å². The lowest BCUT2D eigenvalue weighted by molar-refractivity contribution is 0.160. The normalized spacial score (nSPS) is 22.7. The summed E-state index contributed by atoms with van der Waals surface area (Å²) in [4.78, 5) is 2.49. The Labute approximate surface area is 76.5 Å². The third kappa shape index (κ3) is 2.10. The molecule has 0 aromatic rings. The van der Waals surface area contributed by atoms with Gasteiger partial charge in [-0.05, 0) is 33.7 Å². The van der Waals surface area contributed by atoms with Crippen LogP contribution in [0.4, 0.5) is 0 Å². The topological polar surface area (TPSA) is 3.24 Å². The van der Waals surface area contributed by atoms with Crippen LogP contribution in [0.1, 0.15) is 39.5 Å². The molecule has 0 unspecified atom stereocenters. The van der Waals surface area contributed by atoms with Crippen molar-refractivity contribution >= 4 is 0 Å². The summed E-state index contributed by atoms with van der Waals surface area (Å²) < 4.78 is 0. The first-order valence-corrected chi connectivity index (χ1v) is 5.01. The maximum absolute atomic E-state index is 2.49. The standard InChI is InChI=1S/C11H21N/c1-4-5-10-12(3)11(2)8-6-7-9-11/h4-5H,6-10H2,1-3H3/b5-4+. The van der Waals surface area contributed by atoms with Gasteiger partial charge in [0.1, 0.15) is 0 Å². The summed E-state index contributed by atoms with van der Waals surface area (Å²) >= 11 is 0. The van der Waals surface area contributed by atoms with Gasteiger partial charge in [-0.25, -0.2) is 0 Å². The summed E-state index contributed by atoms with van der Waals surface area (Å²) in [5.41, 5.74) is 0.486. The SMILES string of the molecule is C/C=C/CN(C)C1(C)CCCC1.